The van der Waals surface area contributed by atoms with Gasteiger partial charge >= 0.3 is 0 Å². The highest BCUT2D eigenvalue weighted by Crippen LogP contribution is 2.32. The molecule has 30 heavy (non-hydrogen) atoms. The van der Waals surface area contributed by atoms with E-state index in [1.165, 1.54) is 30.0 Å². The lowest BCUT2D eigenvalue weighted by atomic mass is 10.2. The Hall–Kier alpha value is -3.60. The number of rotatable bonds is 8. The monoisotopic (exact) mass is 429 g/mol. The molecule has 0 aliphatic heterocycles. The summed E-state index contributed by atoms with van der Waals surface area (Å²) in [6.07, 6.45) is 0. The van der Waals surface area contributed by atoms with Gasteiger partial charge in [-0.05, 0) is 24.3 Å². The Balaban J connectivity index is 1.67. The Kier molecular flexibility index (Phi) is 6.52. The molecule has 0 atom stereocenters. The number of hydrogen-bond donors (Lipinski definition) is 1. The molecule has 1 aromatic heterocycles. The van der Waals surface area contributed by atoms with Gasteiger partial charge in [-0.2, -0.15) is 0 Å². The Labute approximate surface area is 176 Å². The molecule has 0 fully saturated rings. The van der Waals surface area contributed by atoms with Crippen LogP contribution in [0.3, 0.4) is 0 Å². The summed E-state index contributed by atoms with van der Waals surface area (Å²) in [5.74, 6) is 1.55. The number of amides is 1. The highest BCUT2D eigenvalue weighted by Gasteiger charge is 2.15. The molecule has 0 aliphatic carbocycles. The maximum atomic E-state index is 12.2. The molecule has 3 rings (SSSR count). The topological polar surface area (TPSA) is 121 Å². The maximum absolute atomic E-state index is 12.2. The van der Waals surface area contributed by atoms with Gasteiger partial charge in [-0.15, -0.1) is 10.2 Å². The number of methoxy groups -OCH3 is 2. The normalized spacial score (nSPS) is 10.5. The van der Waals surface area contributed by atoms with Crippen LogP contribution in [0.2, 0.25) is 0 Å². The number of anilines is 1. The Morgan fingerprint density at radius 3 is 2.63 bits per heavy atom. The van der Waals surface area contributed by atoms with E-state index >= 15 is 0 Å². The molecular formula is C19H19N5O5S. The van der Waals surface area contributed by atoms with Gasteiger partial charge in [0.1, 0.15) is 0 Å². The second-order valence-corrected chi connectivity index (χ2v) is 7.02. The minimum atomic E-state index is -0.514. The summed E-state index contributed by atoms with van der Waals surface area (Å²) in [5.41, 5.74) is 1.06. The number of carbonyl (C=O) groups is 1. The zero-order valence-corrected chi connectivity index (χ0v) is 17.3. The smallest absolute Gasteiger partial charge is 0.271 e. The van der Waals surface area contributed by atoms with Crippen molar-refractivity contribution in [3.8, 4) is 22.9 Å². The molecule has 3 aromatic rings. The first-order valence-corrected chi connectivity index (χ1v) is 9.70. The van der Waals surface area contributed by atoms with Gasteiger partial charge in [0.25, 0.3) is 5.69 Å². The number of nitrogens with one attached hydrogen (secondary N) is 1. The van der Waals surface area contributed by atoms with Gasteiger partial charge in [0.2, 0.25) is 5.91 Å². The van der Waals surface area contributed by atoms with Crippen LogP contribution < -0.4 is 14.8 Å². The van der Waals surface area contributed by atoms with E-state index in [1.807, 2.05) is 6.07 Å². The number of benzene rings is 2. The number of nitrogens with zero attached hydrogens (tertiary/aromatic N) is 4. The number of non-ortho nitro benzene ring substituents is 1. The first kappa shape index (κ1) is 21.1. The van der Waals surface area contributed by atoms with Crippen molar-refractivity contribution in [1.82, 2.24) is 14.8 Å². The molecular weight excluding hydrogens is 410 g/mol. The molecule has 1 heterocycles. The summed E-state index contributed by atoms with van der Waals surface area (Å²) in [5, 5.41) is 22.4. The van der Waals surface area contributed by atoms with Gasteiger partial charge in [-0.3, -0.25) is 14.9 Å². The molecule has 0 saturated heterocycles. The predicted molar refractivity (Wildman–Crippen MR) is 112 cm³/mol. The summed E-state index contributed by atoms with van der Waals surface area (Å²) in [4.78, 5) is 22.5. The van der Waals surface area contributed by atoms with E-state index in [1.54, 1.807) is 44.0 Å². The average molecular weight is 429 g/mol. The molecule has 1 N–H and O–H groups in total. The lowest BCUT2D eigenvalue weighted by Gasteiger charge is -2.09. The fraction of sp³-hybridized carbons (Fsp3) is 0.211. The van der Waals surface area contributed by atoms with Crippen LogP contribution in [0.1, 0.15) is 0 Å². The van der Waals surface area contributed by atoms with Crippen LogP contribution in [0.4, 0.5) is 11.4 Å². The van der Waals surface area contributed by atoms with Crippen LogP contribution in [0, 0.1) is 10.1 Å². The van der Waals surface area contributed by atoms with Gasteiger partial charge in [0.15, 0.2) is 22.5 Å². The summed E-state index contributed by atoms with van der Waals surface area (Å²) >= 11 is 1.21. The van der Waals surface area contributed by atoms with E-state index < -0.39 is 4.92 Å². The van der Waals surface area contributed by atoms with Crippen LogP contribution in [0.5, 0.6) is 11.5 Å². The minimum absolute atomic E-state index is 0.0700. The zero-order chi connectivity index (χ0) is 21.7. The van der Waals surface area contributed by atoms with Crippen LogP contribution in [0.15, 0.2) is 47.6 Å². The van der Waals surface area contributed by atoms with E-state index in [0.29, 0.717) is 28.2 Å². The van der Waals surface area contributed by atoms with Crippen LogP contribution in [-0.2, 0) is 11.8 Å². The van der Waals surface area contributed by atoms with Crippen molar-refractivity contribution < 1.29 is 19.2 Å². The highest BCUT2D eigenvalue weighted by atomic mass is 32.2. The van der Waals surface area contributed by atoms with Crippen molar-refractivity contribution >= 4 is 29.0 Å². The maximum Gasteiger partial charge on any atom is 0.271 e. The lowest BCUT2D eigenvalue weighted by Crippen LogP contribution is -2.14. The van der Waals surface area contributed by atoms with Crippen molar-refractivity contribution in [1.29, 1.82) is 0 Å². The van der Waals surface area contributed by atoms with Gasteiger partial charge in [0.05, 0.1) is 24.9 Å². The fourth-order valence-corrected chi connectivity index (χ4v) is 3.40. The SMILES string of the molecule is COc1ccc(-c2nnc(SCC(=O)Nc3cccc([N+](=O)[O-])c3)n2C)cc1OC. The second-order valence-electron chi connectivity index (χ2n) is 6.08. The zero-order valence-electron chi connectivity index (χ0n) is 16.5. The van der Waals surface area contributed by atoms with Crippen molar-refractivity contribution in [2.75, 3.05) is 25.3 Å². The molecule has 156 valence electrons. The quantitative estimate of drug-likeness (QED) is 0.329. The fourth-order valence-electron chi connectivity index (χ4n) is 2.69. The number of thioether (sulfide) groups is 1. The molecule has 11 heteroatoms. The summed E-state index contributed by atoms with van der Waals surface area (Å²) in [6.45, 7) is 0. The molecule has 0 aliphatic rings. The Morgan fingerprint density at radius 1 is 1.17 bits per heavy atom. The van der Waals surface area contributed by atoms with Crippen LogP contribution in [-0.4, -0.2) is 45.6 Å². The van der Waals surface area contributed by atoms with Gasteiger partial charge in [-0.1, -0.05) is 17.8 Å². The van der Waals surface area contributed by atoms with Crippen molar-refractivity contribution in [2.24, 2.45) is 7.05 Å². The molecule has 0 unspecified atom stereocenters. The third-order valence-electron chi connectivity index (χ3n) is 4.15. The third-order valence-corrected chi connectivity index (χ3v) is 5.17. The second kappa shape index (κ2) is 9.27. The third kappa shape index (κ3) is 4.69. The van der Waals surface area contributed by atoms with Crippen LogP contribution in [0.25, 0.3) is 11.4 Å². The molecule has 2 aromatic carbocycles. The number of ether oxygens (including phenoxy) is 2. The molecule has 0 bridgehead atoms. The van der Waals surface area contributed by atoms with Gasteiger partial charge in [0, 0.05) is 30.4 Å². The molecule has 0 saturated carbocycles. The van der Waals surface area contributed by atoms with Gasteiger partial charge < -0.3 is 19.4 Å². The predicted octanol–water partition coefficient (Wildman–Crippen LogP) is 3.14. The van der Waals surface area contributed by atoms with E-state index in [-0.39, 0.29) is 17.3 Å². The van der Waals surface area contributed by atoms with E-state index in [9.17, 15) is 14.9 Å². The van der Waals surface area contributed by atoms with E-state index in [0.717, 1.165) is 5.56 Å². The summed E-state index contributed by atoms with van der Waals surface area (Å²) in [6, 6.07) is 11.2. The number of carbonyl (C=O) groups excluding carboxylic acids is 1. The van der Waals surface area contributed by atoms with Crippen molar-refractivity contribution in [3.05, 3.63) is 52.6 Å². The number of nitro benzene ring substituents is 1. The standard InChI is InChI=1S/C19H19N5O5S/c1-23-18(12-7-8-15(28-2)16(9-12)29-3)21-22-19(23)30-11-17(25)20-13-5-4-6-14(10-13)24(26)27/h4-10H,11H2,1-3H3,(H,20,25). The summed E-state index contributed by atoms with van der Waals surface area (Å²) < 4.78 is 12.3. The van der Waals surface area contributed by atoms with Crippen molar-refractivity contribution in [3.63, 3.8) is 0 Å². The first-order chi connectivity index (χ1) is 14.4. The van der Waals surface area contributed by atoms with Crippen molar-refractivity contribution in [2.45, 2.75) is 5.16 Å². The summed E-state index contributed by atoms with van der Waals surface area (Å²) in [7, 11) is 4.92. The Morgan fingerprint density at radius 2 is 1.93 bits per heavy atom. The highest BCUT2D eigenvalue weighted by molar-refractivity contribution is 7.99. The molecule has 1 amide bonds. The van der Waals surface area contributed by atoms with E-state index in [2.05, 4.69) is 15.5 Å². The van der Waals surface area contributed by atoms with E-state index in [4.69, 9.17) is 9.47 Å². The molecule has 0 radical (unpaired) electrons. The number of aromatic nitrogens is 3. The molecule has 10 nitrogen and oxygen atoms in total. The first-order valence-electron chi connectivity index (χ1n) is 8.72. The lowest BCUT2D eigenvalue weighted by molar-refractivity contribution is -0.384. The minimum Gasteiger partial charge on any atom is -0.493 e. The van der Waals surface area contributed by atoms with Crippen LogP contribution >= 0.6 is 11.8 Å². The largest absolute Gasteiger partial charge is 0.493 e. The number of hydrogen-bond acceptors (Lipinski definition) is 8. The molecule has 0 spiro atoms. The Bertz CT molecular complexity index is 1080. The van der Waals surface area contributed by atoms with Gasteiger partial charge in [-0.25, -0.2) is 0 Å². The average Bonchev–Trinajstić information content (AvgIpc) is 3.12. The number of nitro groups is 1.